The number of nitrogen functional groups attached to an aromatic ring is 1. The van der Waals surface area contributed by atoms with Gasteiger partial charge in [0.15, 0.2) is 5.11 Å². The fourth-order valence-electron chi connectivity index (χ4n) is 1.08. The van der Waals surface area contributed by atoms with Gasteiger partial charge in [0.05, 0.1) is 0 Å². The van der Waals surface area contributed by atoms with Crippen LogP contribution in [0, 0.1) is 0 Å². The van der Waals surface area contributed by atoms with Crippen LogP contribution in [0.1, 0.15) is 5.56 Å². The Hall–Kier alpha value is -1.47. The van der Waals surface area contributed by atoms with E-state index in [1.165, 1.54) is 6.33 Å². The topological polar surface area (TPSA) is 87.9 Å². The van der Waals surface area contributed by atoms with Crippen LogP contribution in [0.4, 0.5) is 5.82 Å². The van der Waals surface area contributed by atoms with Gasteiger partial charge in [0.1, 0.15) is 12.1 Å². The molecule has 0 aliphatic heterocycles. The molecule has 1 aromatic rings. The summed E-state index contributed by atoms with van der Waals surface area (Å²) in [6.45, 7) is 2.20. The number of thiocarbonyl (C=S) groups is 1. The molecule has 6 nitrogen and oxygen atoms in total. The molecule has 0 spiro atoms. The number of hydrogen-bond acceptors (Lipinski definition) is 5. The van der Waals surface area contributed by atoms with Crippen molar-refractivity contribution in [1.29, 1.82) is 0 Å². The monoisotopic (exact) mass is 240 g/mol. The van der Waals surface area contributed by atoms with Crippen molar-refractivity contribution in [3.05, 3.63) is 18.1 Å². The van der Waals surface area contributed by atoms with Crippen molar-refractivity contribution in [2.45, 2.75) is 6.54 Å². The number of nitrogens with two attached hydrogens (primary N) is 1. The van der Waals surface area contributed by atoms with E-state index in [0.29, 0.717) is 17.5 Å². The molecule has 0 saturated carbocycles. The summed E-state index contributed by atoms with van der Waals surface area (Å²) in [7, 11) is 1.78. The SMILES string of the molecule is CNC(=S)NCCNCc1cncnc1N. The van der Waals surface area contributed by atoms with Crippen LogP contribution in [0.5, 0.6) is 0 Å². The predicted molar refractivity (Wildman–Crippen MR) is 67.8 cm³/mol. The first-order valence-corrected chi connectivity index (χ1v) is 5.35. The minimum atomic E-state index is 0.515. The summed E-state index contributed by atoms with van der Waals surface area (Å²) in [4.78, 5) is 7.81. The van der Waals surface area contributed by atoms with Gasteiger partial charge in [0.2, 0.25) is 0 Å². The zero-order valence-electron chi connectivity index (χ0n) is 9.16. The third-order valence-electron chi connectivity index (χ3n) is 1.95. The lowest BCUT2D eigenvalue weighted by atomic mass is 10.3. The molecule has 0 fully saturated rings. The van der Waals surface area contributed by atoms with Crippen LogP contribution in [0.2, 0.25) is 0 Å². The smallest absolute Gasteiger partial charge is 0.166 e. The van der Waals surface area contributed by atoms with Crippen LogP contribution in [-0.2, 0) is 6.54 Å². The molecule has 1 rings (SSSR count). The summed E-state index contributed by atoms with van der Waals surface area (Å²) < 4.78 is 0. The van der Waals surface area contributed by atoms with Gasteiger partial charge in [-0.2, -0.15) is 0 Å². The highest BCUT2D eigenvalue weighted by molar-refractivity contribution is 7.80. The third-order valence-corrected chi connectivity index (χ3v) is 2.30. The van der Waals surface area contributed by atoms with Crippen LogP contribution < -0.4 is 21.7 Å². The first-order valence-electron chi connectivity index (χ1n) is 4.94. The van der Waals surface area contributed by atoms with E-state index in [-0.39, 0.29) is 0 Å². The lowest BCUT2D eigenvalue weighted by Gasteiger charge is -2.08. The Balaban J connectivity index is 2.17. The Kier molecular flexibility index (Phi) is 5.44. The highest BCUT2D eigenvalue weighted by Crippen LogP contribution is 2.03. The zero-order valence-corrected chi connectivity index (χ0v) is 9.97. The minimum absolute atomic E-state index is 0.515. The molecule has 0 aliphatic rings. The summed E-state index contributed by atoms with van der Waals surface area (Å²) in [6.07, 6.45) is 3.15. The molecule has 1 aromatic heterocycles. The van der Waals surface area contributed by atoms with Crippen LogP contribution in [-0.4, -0.2) is 35.2 Å². The van der Waals surface area contributed by atoms with Gasteiger partial charge in [-0.05, 0) is 12.2 Å². The fourth-order valence-corrected chi connectivity index (χ4v) is 1.18. The maximum Gasteiger partial charge on any atom is 0.166 e. The Morgan fingerprint density at radius 3 is 3.00 bits per heavy atom. The standard InChI is InChI=1S/C9H16N6S/c1-11-9(16)14-3-2-12-4-7-5-13-6-15-8(7)10/h5-6,12H,2-4H2,1H3,(H2,10,13,15)(H2,11,14,16). The van der Waals surface area contributed by atoms with E-state index in [1.807, 2.05) is 0 Å². The van der Waals surface area contributed by atoms with Gasteiger partial charge in [0, 0.05) is 38.4 Å². The molecule has 88 valence electrons. The Morgan fingerprint density at radius 2 is 2.31 bits per heavy atom. The second-order valence-electron chi connectivity index (χ2n) is 3.12. The number of nitrogens with zero attached hydrogens (tertiary/aromatic N) is 2. The maximum atomic E-state index is 5.67. The number of anilines is 1. The summed E-state index contributed by atoms with van der Waals surface area (Å²) in [6, 6.07) is 0. The second kappa shape index (κ2) is 6.91. The van der Waals surface area contributed by atoms with Crippen LogP contribution in [0.25, 0.3) is 0 Å². The quantitative estimate of drug-likeness (QED) is 0.397. The average molecular weight is 240 g/mol. The molecule has 0 amide bonds. The molecule has 0 aliphatic carbocycles. The Bertz CT molecular complexity index is 343. The molecule has 7 heteroatoms. The van der Waals surface area contributed by atoms with E-state index in [9.17, 15) is 0 Å². The van der Waals surface area contributed by atoms with Crippen molar-refractivity contribution in [3.63, 3.8) is 0 Å². The normalized spacial score (nSPS) is 9.81. The lowest BCUT2D eigenvalue weighted by molar-refractivity contribution is 0.668. The van der Waals surface area contributed by atoms with Gasteiger partial charge in [-0.1, -0.05) is 0 Å². The molecule has 1 heterocycles. The number of aromatic nitrogens is 2. The summed E-state index contributed by atoms with van der Waals surface area (Å²) in [5.74, 6) is 0.515. The molecule has 0 unspecified atom stereocenters. The van der Waals surface area contributed by atoms with Crippen molar-refractivity contribution >= 4 is 23.1 Å². The van der Waals surface area contributed by atoms with E-state index < -0.39 is 0 Å². The van der Waals surface area contributed by atoms with Crippen molar-refractivity contribution in [2.75, 3.05) is 25.9 Å². The second-order valence-corrected chi connectivity index (χ2v) is 3.52. The molecular formula is C9H16N6S. The summed E-state index contributed by atoms with van der Waals surface area (Å²) in [5.41, 5.74) is 6.57. The average Bonchev–Trinajstić information content (AvgIpc) is 2.30. The van der Waals surface area contributed by atoms with E-state index in [1.54, 1.807) is 13.2 Å². The molecule has 0 atom stereocenters. The van der Waals surface area contributed by atoms with Gasteiger partial charge in [0.25, 0.3) is 0 Å². The molecule has 5 N–H and O–H groups in total. The molecule has 0 aromatic carbocycles. The first-order chi connectivity index (χ1) is 7.74. The van der Waals surface area contributed by atoms with E-state index >= 15 is 0 Å². The molecule has 16 heavy (non-hydrogen) atoms. The third kappa shape index (κ3) is 4.37. The number of nitrogens with one attached hydrogen (secondary N) is 3. The highest BCUT2D eigenvalue weighted by Gasteiger charge is 1.98. The summed E-state index contributed by atoms with van der Waals surface area (Å²) in [5, 5.41) is 9.72. The van der Waals surface area contributed by atoms with E-state index in [0.717, 1.165) is 18.7 Å². The van der Waals surface area contributed by atoms with Gasteiger partial charge in [-0.25, -0.2) is 9.97 Å². The number of rotatable bonds is 5. The first kappa shape index (κ1) is 12.6. The Morgan fingerprint density at radius 1 is 1.50 bits per heavy atom. The fraction of sp³-hybridized carbons (Fsp3) is 0.444. The molecule has 0 saturated heterocycles. The van der Waals surface area contributed by atoms with Crippen molar-refractivity contribution < 1.29 is 0 Å². The summed E-state index contributed by atoms with van der Waals surface area (Å²) >= 11 is 4.93. The van der Waals surface area contributed by atoms with Gasteiger partial charge >= 0.3 is 0 Å². The van der Waals surface area contributed by atoms with Crippen molar-refractivity contribution in [3.8, 4) is 0 Å². The molecular weight excluding hydrogens is 224 g/mol. The van der Waals surface area contributed by atoms with E-state index in [4.69, 9.17) is 18.0 Å². The van der Waals surface area contributed by atoms with Crippen LogP contribution in [0.15, 0.2) is 12.5 Å². The minimum Gasteiger partial charge on any atom is -0.383 e. The zero-order chi connectivity index (χ0) is 11.8. The predicted octanol–water partition coefficient (Wildman–Crippen LogP) is -0.758. The number of hydrogen-bond donors (Lipinski definition) is 4. The maximum absolute atomic E-state index is 5.67. The van der Waals surface area contributed by atoms with Crippen LogP contribution >= 0.6 is 12.2 Å². The van der Waals surface area contributed by atoms with Crippen molar-refractivity contribution in [1.82, 2.24) is 25.9 Å². The Labute approximate surface area is 100 Å². The van der Waals surface area contributed by atoms with Gasteiger partial charge in [-0.15, -0.1) is 0 Å². The van der Waals surface area contributed by atoms with Crippen molar-refractivity contribution in [2.24, 2.45) is 0 Å². The molecule has 0 bridgehead atoms. The molecule has 0 radical (unpaired) electrons. The van der Waals surface area contributed by atoms with Gasteiger partial charge < -0.3 is 21.7 Å². The largest absolute Gasteiger partial charge is 0.383 e. The van der Waals surface area contributed by atoms with Crippen LogP contribution in [0.3, 0.4) is 0 Å². The lowest BCUT2D eigenvalue weighted by Crippen LogP contribution is -2.37. The highest BCUT2D eigenvalue weighted by atomic mass is 32.1. The van der Waals surface area contributed by atoms with E-state index in [2.05, 4.69) is 25.9 Å². The van der Waals surface area contributed by atoms with Gasteiger partial charge in [-0.3, -0.25) is 0 Å².